The van der Waals surface area contributed by atoms with Gasteiger partial charge in [-0.1, -0.05) is 44.2 Å². The molecule has 1 aromatic rings. The molecule has 0 unspecified atom stereocenters. The van der Waals surface area contributed by atoms with Gasteiger partial charge in [-0.25, -0.2) is 13.1 Å². The number of guanidine groups is 1. The van der Waals surface area contributed by atoms with E-state index in [-0.39, 0.29) is 5.41 Å². The van der Waals surface area contributed by atoms with E-state index in [1.807, 2.05) is 25.1 Å². The first-order valence-corrected chi connectivity index (χ1v) is 10.2. The van der Waals surface area contributed by atoms with E-state index in [1.54, 1.807) is 0 Å². The first-order chi connectivity index (χ1) is 11.2. The number of aliphatic imine (C=N–C) groups is 1. The van der Waals surface area contributed by atoms with E-state index in [1.165, 1.54) is 5.56 Å². The summed E-state index contributed by atoms with van der Waals surface area (Å²) < 4.78 is 24.5. The van der Waals surface area contributed by atoms with Gasteiger partial charge in [0.1, 0.15) is 0 Å². The van der Waals surface area contributed by atoms with E-state index in [2.05, 4.69) is 46.3 Å². The zero-order valence-corrected chi connectivity index (χ0v) is 15.9. The molecule has 0 bridgehead atoms. The van der Waals surface area contributed by atoms with Crippen molar-refractivity contribution < 1.29 is 8.42 Å². The lowest BCUT2D eigenvalue weighted by Gasteiger charge is -2.24. The second-order valence-electron chi connectivity index (χ2n) is 6.39. The molecular weight excluding hydrogens is 324 g/mol. The number of rotatable bonds is 9. The Morgan fingerprint density at radius 1 is 1.12 bits per heavy atom. The summed E-state index contributed by atoms with van der Waals surface area (Å²) in [5.74, 6) is 0.751. The summed E-state index contributed by atoms with van der Waals surface area (Å²) in [6, 6.07) is 10.3. The van der Waals surface area contributed by atoms with Gasteiger partial charge in [0, 0.05) is 25.0 Å². The lowest BCUT2D eigenvalue weighted by molar-refractivity contribution is 0.537. The number of benzene rings is 1. The van der Waals surface area contributed by atoms with Gasteiger partial charge in [0.2, 0.25) is 10.0 Å². The molecule has 136 valence electrons. The highest BCUT2D eigenvalue weighted by molar-refractivity contribution is 7.88. The quantitative estimate of drug-likeness (QED) is 0.356. The van der Waals surface area contributed by atoms with Gasteiger partial charge in [-0.2, -0.15) is 0 Å². The highest BCUT2D eigenvalue weighted by Crippen LogP contribution is 2.22. The molecule has 0 aliphatic heterocycles. The van der Waals surface area contributed by atoms with Crippen molar-refractivity contribution in [3.8, 4) is 0 Å². The Hall–Kier alpha value is -1.60. The summed E-state index contributed by atoms with van der Waals surface area (Å²) in [5.41, 5.74) is 1.20. The third kappa shape index (κ3) is 8.31. The summed E-state index contributed by atoms with van der Waals surface area (Å²) in [5, 5.41) is 6.45. The topological polar surface area (TPSA) is 82.6 Å². The average molecular weight is 355 g/mol. The van der Waals surface area contributed by atoms with Gasteiger partial charge in [0.15, 0.2) is 5.96 Å². The molecule has 3 N–H and O–H groups in total. The maximum atomic E-state index is 11.0. The predicted octanol–water partition coefficient (Wildman–Crippen LogP) is 1.46. The maximum absolute atomic E-state index is 11.0. The summed E-state index contributed by atoms with van der Waals surface area (Å²) >= 11 is 0. The molecule has 0 atom stereocenters. The zero-order chi connectivity index (χ0) is 18.1. The molecule has 1 rings (SSSR count). The first kappa shape index (κ1) is 20.4. The van der Waals surface area contributed by atoms with Gasteiger partial charge in [-0.3, -0.25) is 4.99 Å². The first-order valence-electron chi connectivity index (χ1n) is 8.27. The second kappa shape index (κ2) is 9.64. The van der Waals surface area contributed by atoms with E-state index in [0.717, 1.165) is 18.8 Å². The molecule has 0 saturated carbocycles. The van der Waals surface area contributed by atoms with Crippen LogP contribution in [0.5, 0.6) is 0 Å². The van der Waals surface area contributed by atoms with Crippen molar-refractivity contribution in [3.63, 3.8) is 0 Å². The van der Waals surface area contributed by atoms with Crippen LogP contribution in [0.15, 0.2) is 35.3 Å². The minimum atomic E-state index is -3.12. The molecule has 0 saturated heterocycles. The van der Waals surface area contributed by atoms with Gasteiger partial charge in [0.25, 0.3) is 0 Å². The third-order valence-corrected chi connectivity index (χ3v) is 4.27. The monoisotopic (exact) mass is 354 g/mol. The van der Waals surface area contributed by atoms with Crippen molar-refractivity contribution in [1.82, 2.24) is 15.4 Å². The van der Waals surface area contributed by atoms with Crippen LogP contribution in [0.2, 0.25) is 0 Å². The van der Waals surface area contributed by atoms with Crippen molar-refractivity contribution in [2.45, 2.75) is 32.6 Å². The van der Waals surface area contributed by atoms with E-state index >= 15 is 0 Å². The summed E-state index contributed by atoms with van der Waals surface area (Å²) in [6.45, 7) is 8.87. The number of hydrogen-bond donors (Lipinski definition) is 3. The fourth-order valence-electron chi connectivity index (χ4n) is 2.15. The van der Waals surface area contributed by atoms with Crippen molar-refractivity contribution in [1.29, 1.82) is 0 Å². The van der Waals surface area contributed by atoms with Crippen LogP contribution in [-0.4, -0.2) is 46.8 Å². The van der Waals surface area contributed by atoms with E-state index < -0.39 is 10.0 Å². The normalized spacial score (nSPS) is 12.9. The van der Waals surface area contributed by atoms with E-state index in [0.29, 0.717) is 26.1 Å². The van der Waals surface area contributed by atoms with Gasteiger partial charge < -0.3 is 10.6 Å². The van der Waals surface area contributed by atoms with Crippen molar-refractivity contribution >= 4 is 16.0 Å². The molecule has 0 amide bonds. The molecule has 0 fully saturated rings. The summed E-state index contributed by atoms with van der Waals surface area (Å²) in [7, 11) is -3.12. The lowest BCUT2D eigenvalue weighted by Crippen LogP contribution is -2.39. The Kier molecular flexibility index (Phi) is 8.21. The second-order valence-corrected chi connectivity index (χ2v) is 8.22. The molecule has 0 aromatic heterocycles. The van der Waals surface area contributed by atoms with Gasteiger partial charge in [-0.05, 0) is 18.9 Å². The average Bonchev–Trinajstić information content (AvgIpc) is 2.52. The predicted molar refractivity (Wildman–Crippen MR) is 101 cm³/mol. The highest BCUT2D eigenvalue weighted by Gasteiger charge is 2.19. The Balaban J connectivity index is 2.53. The van der Waals surface area contributed by atoms with Crippen LogP contribution in [-0.2, 0) is 15.4 Å². The van der Waals surface area contributed by atoms with E-state index in [4.69, 9.17) is 0 Å². The molecule has 0 aliphatic carbocycles. The lowest BCUT2D eigenvalue weighted by atomic mass is 9.85. The highest BCUT2D eigenvalue weighted by atomic mass is 32.2. The van der Waals surface area contributed by atoms with Crippen molar-refractivity contribution in [2.75, 3.05) is 32.4 Å². The molecule has 7 heteroatoms. The largest absolute Gasteiger partial charge is 0.357 e. The van der Waals surface area contributed by atoms with Gasteiger partial charge >= 0.3 is 0 Å². The fraction of sp³-hybridized carbons (Fsp3) is 0.588. The van der Waals surface area contributed by atoms with Crippen LogP contribution in [0.4, 0.5) is 0 Å². The molecule has 0 aliphatic rings. The van der Waals surface area contributed by atoms with E-state index in [9.17, 15) is 8.42 Å². The zero-order valence-electron chi connectivity index (χ0n) is 15.1. The van der Waals surface area contributed by atoms with Crippen LogP contribution in [0.3, 0.4) is 0 Å². The maximum Gasteiger partial charge on any atom is 0.208 e. The Bertz CT molecular complexity index is 613. The van der Waals surface area contributed by atoms with Crippen molar-refractivity contribution in [2.24, 2.45) is 4.99 Å². The minimum Gasteiger partial charge on any atom is -0.357 e. The van der Waals surface area contributed by atoms with Crippen molar-refractivity contribution in [3.05, 3.63) is 35.9 Å². The molecule has 0 spiro atoms. The Morgan fingerprint density at radius 2 is 1.79 bits per heavy atom. The van der Waals surface area contributed by atoms with Crippen LogP contribution < -0.4 is 15.4 Å². The Morgan fingerprint density at radius 3 is 2.38 bits per heavy atom. The molecule has 0 radical (unpaired) electrons. The minimum absolute atomic E-state index is 0.0541. The number of hydrogen-bond acceptors (Lipinski definition) is 3. The fourth-order valence-corrected chi connectivity index (χ4v) is 2.67. The number of sulfonamides is 1. The summed E-state index contributed by atoms with van der Waals surface area (Å²) in [4.78, 5) is 4.66. The third-order valence-electron chi connectivity index (χ3n) is 3.54. The number of nitrogens with one attached hydrogen (secondary N) is 3. The molecule has 1 aromatic carbocycles. The van der Waals surface area contributed by atoms with Crippen LogP contribution in [0.25, 0.3) is 0 Å². The molecule has 24 heavy (non-hydrogen) atoms. The number of nitrogens with zero attached hydrogens (tertiary/aromatic N) is 1. The van der Waals surface area contributed by atoms with Crippen LogP contribution in [0.1, 0.15) is 32.8 Å². The van der Waals surface area contributed by atoms with Crippen LogP contribution >= 0.6 is 0 Å². The smallest absolute Gasteiger partial charge is 0.208 e. The van der Waals surface area contributed by atoms with Gasteiger partial charge in [-0.15, -0.1) is 0 Å². The standard InChI is InChI=1S/C17H30N4O2S/c1-5-18-16(19-12-9-13-21-24(4,22)23)20-14-17(2,3)15-10-7-6-8-11-15/h6-8,10-11,21H,5,9,12-14H2,1-4H3,(H2,18,19,20). The SMILES string of the molecule is CCNC(=NCC(C)(C)c1ccccc1)NCCCNS(C)(=O)=O. The summed E-state index contributed by atoms with van der Waals surface area (Å²) in [6.07, 6.45) is 1.86. The molecular formula is C17H30N4O2S. The molecule has 6 nitrogen and oxygen atoms in total. The van der Waals surface area contributed by atoms with Crippen LogP contribution in [0, 0.1) is 0 Å². The molecule has 0 heterocycles. The Labute approximate surface area is 146 Å². The van der Waals surface area contributed by atoms with Gasteiger partial charge in [0.05, 0.1) is 12.8 Å².